The SMILES string of the molecule is CC1OCCC1Sc1cc(N)ccc1C(=O)O. The summed E-state index contributed by atoms with van der Waals surface area (Å²) in [5.41, 5.74) is 6.59. The second-order valence-electron chi connectivity index (χ2n) is 4.08. The van der Waals surface area contributed by atoms with Crippen molar-refractivity contribution in [1.29, 1.82) is 0 Å². The Morgan fingerprint density at radius 3 is 2.94 bits per heavy atom. The zero-order valence-corrected chi connectivity index (χ0v) is 10.4. The fraction of sp³-hybridized carbons (Fsp3) is 0.417. The van der Waals surface area contributed by atoms with Crippen LogP contribution in [0.2, 0.25) is 0 Å². The van der Waals surface area contributed by atoms with Crippen LogP contribution in [0.1, 0.15) is 23.7 Å². The van der Waals surface area contributed by atoms with Crippen LogP contribution < -0.4 is 5.73 Å². The highest BCUT2D eigenvalue weighted by atomic mass is 32.2. The van der Waals surface area contributed by atoms with E-state index >= 15 is 0 Å². The number of ether oxygens (including phenoxy) is 1. The lowest BCUT2D eigenvalue weighted by molar-refractivity contribution is 0.0693. The van der Waals surface area contributed by atoms with E-state index in [9.17, 15) is 4.79 Å². The first-order valence-corrected chi connectivity index (χ1v) is 6.37. The van der Waals surface area contributed by atoms with Crippen LogP contribution in [0.15, 0.2) is 23.1 Å². The van der Waals surface area contributed by atoms with E-state index in [-0.39, 0.29) is 6.10 Å². The molecule has 1 aromatic rings. The Bertz CT molecular complexity index is 436. The molecule has 0 radical (unpaired) electrons. The Morgan fingerprint density at radius 2 is 2.35 bits per heavy atom. The molecule has 2 unspecified atom stereocenters. The van der Waals surface area contributed by atoms with Crippen molar-refractivity contribution >= 4 is 23.4 Å². The van der Waals surface area contributed by atoms with Crippen molar-refractivity contribution in [1.82, 2.24) is 0 Å². The predicted molar refractivity (Wildman–Crippen MR) is 67.5 cm³/mol. The van der Waals surface area contributed by atoms with E-state index in [1.54, 1.807) is 30.0 Å². The highest BCUT2D eigenvalue weighted by Crippen LogP contribution is 2.35. The average Bonchev–Trinajstić information content (AvgIpc) is 2.64. The third-order valence-electron chi connectivity index (χ3n) is 2.82. The molecular formula is C12H15NO3S. The molecule has 1 heterocycles. The summed E-state index contributed by atoms with van der Waals surface area (Å²) >= 11 is 1.54. The summed E-state index contributed by atoms with van der Waals surface area (Å²) in [4.78, 5) is 11.8. The number of thioether (sulfide) groups is 1. The molecule has 1 fully saturated rings. The number of carboxylic acids is 1. The molecule has 1 saturated heterocycles. The Morgan fingerprint density at radius 1 is 1.59 bits per heavy atom. The van der Waals surface area contributed by atoms with Crippen LogP contribution in [0.25, 0.3) is 0 Å². The molecule has 0 bridgehead atoms. The zero-order valence-electron chi connectivity index (χ0n) is 9.55. The van der Waals surface area contributed by atoms with Gasteiger partial charge in [-0.2, -0.15) is 0 Å². The van der Waals surface area contributed by atoms with Gasteiger partial charge >= 0.3 is 5.97 Å². The van der Waals surface area contributed by atoms with E-state index < -0.39 is 5.97 Å². The van der Waals surface area contributed by atoms with E-state index in [1.807, 2.05) is 6.92 Å². The van der Waals surface area contributed by atoms with Gasteiger partial charge < -0.3 is 15.6 Å². The molecule has 1 aromatic carbocycles. The summed E-state index contributed by atoms with van der Waals surface area (Å²) in [6, 6.07) is 4.89. The highest BCUT2D eigenvalue weighted by molar-refractivity contribution is 8.00. The smallest absolute Gasteiger partial charge is 0.336 e. The van der Waals surface area contributed by atoms with Crippen molar-refractivity contribution < 1.29 is 14.6 Å². The molecule has 0 saturated carbocycles. The lowest BCUT2D eigenvalue weighted by atomic mass is 10.2. The molecule has 0 spiro atoms. The third kappa shape index (κ3) is 2.73. The number of carbonyl (C=O) groups is 1. The maximum atomic E-state index is 11.1. The van der Waals surface area contributed by atoms with Gasteiger partial charge in [-0.1, -0.05) is 0 Å². The summed E-state index contributed by atoms with van der Waals surface area (Å²) < 4.78 is 5.47. The minimum Gasteiger partial charge on any atom is -0.478 e. The molecule has 3 N–H and O–H groups in total. The number of hydrogen-bond donors (Lipinski definition) is 2. The van der Waals surface area contributed by atoms with Crippen LogP contribution >= 0.6 is 11.8 Å². The Kier molecular flexibility index (Phi) is 3.59. The summed E-state index contributed by atoms with van der Waals surface area (Å²) in [6.45, 7) is 2.75. The predicted octanol–water partition coefficient (Wildman–Crippen LogP) is 2.24. The van der Waals surface area contributed by atoms with Crippen molar-refractivity contribution in [3.8, 4) is 0 Å². The minimum absolute atomic E-state index is 0.156. The first-order chi connectivity index (χ1) is 8.08. The number of nitrogens with two attached hydrogens (primary N) is 1. The van der Waals surface area contributed by atoms with Crippen LogP contribution in [0.5, 0.6) is 0 Å². The van der Waals surface area contributed by atoms with Crippen LogP contribution in [0.4, 0.5) is 5.69 Å². The van der Waals surface area contributed by atoms with E-state index in [1.165, 1.54) is 0 Å². The van der Waals surface area contributed by atoms with Gasteiger partial charge in [0.1, 0.15) is 0 Å². The van der Waals surface area contributed by atoms with Gasteiger partial charge in [0, 0.05) is 22.4 Å². The maximum absolute atomic E-state index is 11.1. The van der Waals surface area contributed by atoms with Crippen molar-refractivity contribution in [3.05, 3.63) is 23.8 Å². The lowest BCUT2D eigenvalue weighted by Gasteiger charge is -2.15. The second-order valence-corrected chi connectivity index (χ2v) is 5.36. The van der Waals surface area contributed by atoms with Crippen molar-refractivity contribution in [2.45, 2.75) is 29.6 Å². The highest BCUT2D eigenvalue weighted by Gasteiger charge is 2.26. The second kappa shape index (κ2) is 4.98. The number of carboxylic acid groups (broad SMARTS) is 1. The standard InChI is InChI=1S/C12H15NO3S/c1-7-10(4-5-16-7)17-11-6-8(13)2-3-9(11)12(14)15/h2-3,6-7,10H,4-5,13H2,1H3,(H,14,15). The first-order valence-electron chi connectivity index (χ1n) is 5.49. The number of rotatable bonds is 3. The number of hydrogen-bond acceptors (Lipinski definition) is 4. The van der Waals surface area contributed by atoms with Crippen LogP contribution in [0.3, 0.4) is 0 Å². The maximum Gasteiger partial charge on any atom is 0.336 e. The van der Waals surface area contributed by atoms with E-state index in [2.05, 4.69) is 0 Å². The van der Waals surface area contributed by atoms with Crippen molar-refractivity contribution in [2.75, 3.05) is 12.3 Å². The fourth-order valence-electron chi connectivity index (χ4n) is 1.84. The lowest BCUT2D eigenvalue weighted by Crippen LogP contribution is -2.14. The van der Waals surface area contributed by atoms with Crippen LogP contribution in [-0.2, 0) is 4.74 Å². The topological polar surface area (TPSA) is 72.5 Å². The van der Waals surface area contributed by atoms with Crippen LogP contribution in [0, 0.1) is 0 Å². The average molecular weight is 253 g/mol. The van der Waals surface area contributed by atoms with Crippen molar-refractivity contribution in [3.63, 3.8) is 0 Å². The molecule has 0 aromatic heterocycles. The van der Waals surface area contributed by atoms with Gasteiger partial charge in [0.15, 0.2) is 0 Å². The third-order valence-corrected chi connectivity index (χ3v) is 4.33. The van der Waals surface area contributed by atoms with Gasteiger partial charge in [0.05, 0.1) is 11.7 Å². The number of benzene rings is 1. The first kappa shape index (κ1) is 12.3. The summed E-state index contributed by atoms with van der Waals surface area (Å²) in [5.74, 6) is -0.918. The van der Waals surface area contributed by atoms with Gasteiger partial charge in [0.2, 0.25) is 0 Å². The molecule has 0 aliphatic carbocycles. The van der Waals surface area contributed by atoms with Crippen molar-refractivity contribution in [2.24, 2.45) is 0 Å². The summed E-state index contributed by atoms with van der Waals surface area (Å²) in [7, 11) is 0. The van der Waals surface area contributed by atoms with Gasteiger partial charge in [-0.3, -0.25) is 0 Å². The largest absolute Gasteiger partial charge is 0.478 e. The molecule has 1 aliphatic heterocycles. The summed E-state index contributed by atoms with van der Waals surface area (Å²) in [6.07, 6.45) is 1.10. The van der Waals surface area contributed by atoms with E-state index in [0.717, 1.165) is 17.9 Å². The van der Waals surface area contributed by atoms with Gasteiger partial charge in [-0.15, -0.1) is 11.8 Å². The molecule has 5 heteroatoms. The monoisotopic (exact) mass is 253 g/mol. The van der Waals surface area contributed by atoms with Gasteiger partial charge in [-0.25, -0.2) is 4.79 Å². The Labute approximate surface area is 104 Å². The van der Waals surface area contributed by atoms with Crippen LogP contribution in [-0.4, -0.2) is 29.0 Å². The normalized spacial score (nSPS) is 23.8. The molecule has 92 valence electrons. The Hall–Kier alpha value is -1.20. The van der Waals surface area contributed by atoms with E-state index in [0.29, 0.717) is 16.5 Å². The molecule has 2 atom stereocenters. The molecule has 1 aliphatic rings. The molecular weight excluding hydrogens is 238 g/mol. The fourth-order valence-corrected chi connectivity index (χ4v) is 3.14. The van der Waals surface area contributed by atoms with E-state index in [4.69, 9.17) is 15.6 Å². The molecule has 0 amide bonds. The molecule has 4 nitrogen and oxygen atoms in total. The van der Waals surface area contributed by atoms with Gasteiger partial charge in [-0.05, 0) is 31.5 Å². The van der Waals surface area contributed by atoms with Gasteiger partial charge in [0.25, 0.3) is 0 Å². The zero-order chi connectivity index (χ0) is 12.4. The molecule has 17 heavy (non-hydrogen) atoms. The Balaban J connectivity index is 2.24. The number of aromatic carboxylic acids is 1. The quantitative estimate of drug-likeness (QED) is 0.808. The number of anilines is 1. The molecule has 2 rings (SSSR count). The summed E-state index contributed by atoms with van der Waals surface area (Å²) in [5, 5.41) is 9.41. The number of nitrogen functional groups attached to an aromatic ring is 1. The minimum atomic E-state index is -0.918.